The molecule has 0 saturated carbocycles. The van der Waals surface area contributed by atoms with E-state index in [2.05, 4.69) is 4.57 Å². The molecule has 11 heteroatoms. The van der Waals surface area contributed by atoms with Crippen molar-refractivity contribution in [3.8, 4) is 11.1 Å². The van der Waals surface area contributed by atoms with Gasteiger partial charge in [-0.25, -0.2) is 14.0 Å². The highest BCUT2D eigenvalue weighted by atomic mass is 32.2. The van der Waals surface area contributed by atoms with Crippen molar-refractivity contribution in [2.75, 3.05) is 14.1 Å². The molecule has 4 aromatic heterocycles. The number of thioether (sulfide) groups is 1. The molecule has 0 fully saturated rings. The van der Waals surface area contributed by atoms with E-state index in [9.17, 15) is 18.8 Å². The summed E-state index contributed by atoms with van der Waals surface area (Å²) in [5, 5.41) is 0.606. The van der Waals surface area contributed by atoms with Gasteiger partial charge in [-0.2, -0.15) is 4.57 Å². The zero-order valence-electron chi connectivity index (χ0n) is 24.7. The van der Waals surface area contributed by atoms with Gasteiger partial charge in [0.2, 0.25) is 12.3 Å². The van der Waals surface area contributed by atoms with Crippen molar-refractivity contribution in [1.29, 1.82) is 0 Å². The second-order valence-corrected chi connectivity index (χ2v) is 12.2. The van der Waals surface area contributed by atoms with Gasteiger partial charge in [-0.1, -0.05) is 24.3 Å². The molecule has 1 aliphatic heterocycles. The number of aryl methyl sites for hydroxylation is 1. The highest BCUT2D eigenvalue weighted by Gasteiger charge is 2.31. The van der Waals surface area contributed by atoms with Crippen molar-refractivity contribution in [3.05, 3.63) is 136 Å². The molecule has 0 saturated heterocycles. The van der Waals surface area contributed by atoms with E-state index < -0.39 is 5.82 Å². The Kier molecular flexibility index (Phi) is 7.04. The fourth-order valence-electron chi connectivity index (χ4n) is 5.77. The lowest BCUT2D eigenvalue weighted by atomic mass is 10.00. The number of pyridine rings is 1. The Morgan fingerprint density at radius 2 is 1.82 bits per heavy atom. The van der Waals surface area contributed by atoms with Crippen LogP contribution in [0.25, 0.3) is 22.0 Å². The van der Waals surface area contributed by atoms with Crippen LogP contribution >= 0.6 is 11.8 Å². The van der Waals surface area contributed by atoms with E-state index in [0.717, 1.165) is 22.4 Å². The summed E-state index contributed by atoms with van der Waals surface area (Å²) < 4.78 is 29.3. The largest absolute Gasteiger partial charge is 0.519 e. The number of carbonyl (C=O) groups is 2. The molecule has 1 atom stereocenters. The van der Waals surface area contributed by atoms with Crippen LogP contribution in [0.3, 0.4) is 0 Å². The number of amides is 1. The lowest BCUT2D eigenvalue weighted by molar-refractivity contribution is -0.690. The summed E-state index contributed by atoms with van der Waals surface area (Å²) in [6.45, 7) is 2.05. The normalized spacial score (nSPS) is 14.2. The molecule has 6 aromatic rings. The molecule has 1 aliphatic rings. The third-order valence-corrected chi connectivity index (χ3v) is 9.30. The zero-order chi connectivity index (χ0) is 31.4. The predicted octanol–water partition coefficient (Wildman–Crippen LogP) is 5.99. The molecule has 0 aliphatic carbocycles. The number of carbonyl (C=O) groups excluding carboxylic acids is 2. The standard InChI is InChI=1S/C34H28FN4O5S/c1-20-30(44-34(42)43-20)18-37-13-4-5-23(16-37)32-38-14-12-26(29(38)19-45-32)31(40)27-17-39(33(41)36(2)3)28-15-22(8-11-25(27)28)21-6-9-24(35)10-7-21/h4-17,32H,18-19H2,1-3H3/q+1/t32-/m1/s1. The number of hydrogen-bond donors (Lipinski definition) is 0. The molecule has 0 radical (unpaired) electrons. The molecule has 226 valence electrons. The number of halogens is 1. The van der Waals surface area contributed by atoms with Crippen LogP contribution in [0.4, 0.5) is 9.18 Å². The minimum Gasteiger partial charge on any atom is -0.396 e. The van der Waals surface area contributed by atoms with Gasteiger partial charge in [-0.15, -0.1) is 11.8 Å². The lowest BCUT2D eigenvalue weighted by Gasteiger charge is -2.12. The lowest BCUT2D eigenvalue weighted by Crippen LogP contribution is -2.34. The highest BCUT2D eigenvalue weighted by Crippen LogP contribution is 2.42. The maximum atomic E-state index is 14.2. The van der Waals surface area contributed by atoms with Gasteiger partial charge in [-0.3, -0.25) is 9.36 Å². The second-order valence-electron chi connectivity index (χ2n) is 11.1. The van der Waals surface area contributed by atoms with Gasteiger partial charge in [0, 0.05) is 66.1 Å². The van der Waals surface area contributed by atoms with Crippen molar-refractivity contribution in [3.63, 3.8) is 0 Å². The fourth-order valence-corrected chi connectivity index (χ4v) is 7.08. The molecule has 45 heavy (non-hydrogen) atoms. The van der Waals surface area contributed by atoms with E-state index in [1.54, 1.807) is 51.1 Å². The Labute approximate surface area is 261 Å². The van der Waals surface area contributed by atoms with Gasteiger partial charge < -0.3 is 18.3 Å². The van der Waals surface area contributed by atoms with Gasteiger partial charge in [0.1, 0.15) is 11.2 Å². The van der Waals surface area contributed by atoms with Crippen LogP contribution < -0.4 is 10.4 Å². The van der Waals surface area contributed by atoms with E-state index in [-0.39, 0.29) is 23.0 Å². The number of hydrogen-bond acceptors (Lipinski definition) is 6. The van der Waals surface area contributed by atoms with Crippen molar-refractivity contribution < 1.29 is 27.4 Å². The van der Waals surface area contributed by atoms with Crippen molar-refractivity contribution in [1.82, 2.24) is 14.0 Å². The molecule has 0 spiro atoms. The van der Waals surface area contributed by atoms with Crippen molar-refractivity contribution in [2.24, 2.45) is 0 Å². The van der Waals surface area contributed by atoms with Gasteiger partial charge in [0.05, 0.1) is 5.52 Å². The molecule has 1 amide bonds. The maximum Gasteiger partial charge on any atom is 0.519 e. The number of benzene rings is 2. The summed E-state index contributed by atoms with van der Waals surface area (Å²) in [5.41, 5.74) is 5.16. The van der Waals surface area contributed by atoms with Crippen LogP contribution in [0.15, 0.2) is 99.1 Å². The first-order chi connectivity index (χ1) is 21.7. The Morgan fingerprint density at radius 1 is 1.04 bits per heavy atom. The Bertz CT molecular complexity index is 2170. The topological polar surface area (TPSA) is 94.5 Å². The van der Waals surface area contributed by atoms with Gasteiger partial charge in [-0.05, 0) is 48.4 Å². The molecular formula is C34H28FN4O5S+. The monoisotopic (exact) mass is 623 g/mol. The number of nitrogens with zero attached hydrogens (tertiary/aromatic N) is 4. The Morgan fingerprint density at radius 3 is 2.56 bits per heavy atom. The van der Waals surface area contributed by atoms with Crippen molar-refractivity contribution >= 4 is 34.5 Å². The molecule has 7 rings (SSSR count). The third-order valence-electron chi connectivity index (χ3n) is 8.04. The number of rotatable bonds is 6. The van der Waals surface area contributed by atoms with E-state index in [4.69, 9.17) is 8.83 Å². The fraction of sp³-hybridized carbons (Fsp3) is 0.176. The molecule has 2 aromatic carbocycles. The maximum absolute atomic E-state index is 14.2. The average Bonchev–Trinajstić information content (AvgIpc) is 3.79. The zero-order valence-corrected chi connectivity index (χ0v) is 25.5. The average molecular weight is 624 g/mol. The Hall–Kier alpha value is -5.16. The van der Waals surface area contributed by atoms with Gasteiger partial charge in [0.15, 0.2) is 23.9 Å². The van der Waals surface area contributed by atoms with E-state index in [0.29, 0.717) is 45.8 Å². The summed E-state index contributed by atoms with van der Waals surface area (Å²) in [4.78, 5) is 40.3. The highest BCUT2D eigenvalue weighted by molar-refractivity contribution is 7.99. The molecular weight excluding hydrogens is 595 g/mol. The predicted molar refractivity (Wildman–Crippen MR) is 167 cm³/mol. The SMILES string of the molecule is Cc1oc(=O)oc1C[n+]1cccc([C@H]2SCc3c(C(=O)c4cn(C(=O)N(C)C)c5cc(-c6ccc(F)cc6)ccc45)ccn32)c1. The summed E-state index contributed by atoms with van der Waals surface area (Å²) in [7, 11) is 3.33. The summed E-state index contributed by atoms with van der Waals surface area (Å²) >= 11 is 1.71. The minimum absolute atomic E-state index is 0.0543. The van der Waals surface area contributed by atoms with Crippen LogP contribution in [-0.2, 0) is 12.3 Å². The van der Waals surface area contributed by atoms with Crippen LogP contribution in [0.5, 0.6) is 0 Å². The molecule has 9 nitrogen and oxygen atoms in total. The van der Waals surface area contributed by atoms with Gasteiger partial charge in [0.25, 0.3) is 0 Å². The summed E-state index contributed by atoms with van der Waals surface area (Å²) in [5.74, 6) is 0.334. The second kappa shape index (κ2) is 11.1. The number of ketones is 1. The van der Waals surface area contributed by atoms with Crippen molar-refractivity contribution in [2.45, 2.75) is 24.6 Å². The first kappa shape index (κ1) is 28.6. The first-order valence-corrected chi connectivity index (χ1v) is 15.3. The number of fused-ring (bicyclic) bond motifs is 2. The van der Waals surface area contributed by atoms with Gasteiger partial charge >= 0.3 is 11.9 Å². The minimum atomic E-state index is -0.720. The Balaban J connectivity index is 1.23. The summed E-state index contributed by atoms with van der Waals surface area (Å²) in [6, 6.07) is 17.3. The van der Waals surface area contributed by atoms with E-state index in [1.165, 1.54) is 21.6 Å². The molecule has 0 unspecified atom stereocenters. The molecule has 0 N–H and O–H groups in total. The quantitative estimate of drug-likeness (QED) is 0.167. The number of aromatic nitrogens is 3. The van der Waals surface area contributed by atoms with Crippen LogP contribution in [0.2, 0.25) is 0 Å². The first-order valence-electron chi connectivity index (χ1n) is 14.2. The third kappa shape index (κ3) is 5.08. The van der Waals surface area contributed by atoms with E-state index in [1.807, 2.05) is 59.6 Å². The molecule has 0 bridgehead atoms. The molecule has 5 heterocycles. The van der Waals surface area contributed by atoms with Crippen LogP contribution in [0.1, 0.15) is 44.1 Å². The smallest absolute Gasteiger partial charge is 0.396 e. The van der Waals surface area contributed by atoms with Crippen LogP contribution in [-0.4, -0.2) is 39.9 Å². The van der Waals surface area contributed by atoms with Crippen LogP contribution in [0, 0.1) is 12.7 Å². The van der Waals surface area contributed by atoms with E-state index >= 15 is 0 Å². The summed E-state index contributed by atoms with van der Waals surface area (Å²) in [6.07, 6.45) is 7.44.